The number of halogens is 6. The monoisotopic (exact) mass is 930 g/mol. The number of ether oxygens (including phenoxy) is 1. The number of nitrogens with zero attached hydrogens (tertiary/aromatic N) is 4. The number of carbonyl (C=O) groups excluding carboxylic acids is 3. The Morgan fingerprint density at radius 1 is 0.922 bits per heavy atom. The van der Waals surface area contributed by atoms with E-state index in [0.29, 0.717) is 37.5 Å². The Morgan fingerprint density at radius 2 is 1.52 bits per heavy atom. The maximum absolute atomic E-state index is 13.6. The number of benzene rings is 3. The Bertz CT molecular complexity index is 2140. The van der Waals surface area contributed by atoms with Crippen molar-refractivity contribution in [2.45, 2.75) is 70.6 Å². The first-order valence-corrected chi connectivity index (χ1v) is 20.6. The van der Waals surface area contributed by atoms with E-state index in [4.69, 9.17) is 24.5 Å². The van der Waals surface area contributed by atoms with Crippen LogP contribution in [0.3, 0.4) is 0 Å². The lowest BCUT2D eigenvalue weighted by Crippen LogP contribution is -2.51. The molecule has 16 nitrogen and oxygen atoms in total. The maximum Gasteiger partial charge on any atom is 0.490 e. The van der Waals surface area contributed by atoms with Gasteiger partial charge in [-0.1, -0.05) is 74.9 Å². The first-order chi connectivity index (χ1) is 30.0. The van der Waals surface area contributed by atoms with E-state index in [1.54, 1.807) is 36.4 Å². The SMILES string of the molecule is CC[C@H](C)[C@@H](CN(CC(=O)N[C@@H](CCSC)C(=O)OC)Cc1cccc2ccccc12)NC(=O)Cc1cncn1Cc1ccc([N+](=O)[O-])cc1.O=C(O)C(F)(F)F.O=C(O)C(F)(F)F. The van der Waals surface area contributed by atoms with Crippen LogP contribution in [0.4, 0.5) is 32.0 Å². The van der Waals surface area contributed by atoms with Crippen molar-refractivity contribution in [2.24, 2.45) is 5.92 Å². The first kappa shape index (κ1) is 53.9. The summed E-state index contributed by atoms with van der Waals surface area (Å²) in [6.07, 6.45) is -3.60. The van der Waals surface area contributed by atoms with Crippen LogP contribution in [0.25, 0.3) is 10.8 Å². The fourth-order valence-corrected chi connectivity index (χ4v) is 6.31. The van der Waals surface area contributed by atoms with E-state index >= 15 is 0 Å². The van der Waals surface area contributed by atoms with Crippen LogP contribution < -0.4 is 10.6 Å². The Labute approximate surface area is 367 Å². The summed E-state index contributed by atoms with van der Waals surface area (Å²) >= 11 is 1.59. The number of carboxylic acids is 2. The summed E-state index contributed by atoms with van der Waals surface area (Å²) in [5.41, 5.74) is 2.61. The number of non-ortho nitro benzene ring substituents is 1. The number of aromatic nitrogens is 2. The summed E-state index contributed by atoms with van der Waals surface area (Å²) in [4.78, 5) is 74.2. The van der Waals surface area contributed by atoms with E-state index < -0.39 is 41.2 Å². The Kier molecular flexibility index (Phi) is 21.7. The van der Waals surface area contributed by atoms with E-state index in [1.165, 1.54) is 19.2 Å². The van der Waals surface area contributed by atoms with E-state index in [9.17, 15) is 50.8 Å². The highest BCUT2D eigenvalue weighted by molar-refractivity contribution is 7.98. The number of nitro groups is 1. The average Bonchev–Trinajstić information content (AvgIpc) is 3.66. The summed E-state index contributed by atoms with van der Waals surface area (Å²) in [5.74, 6) is -5.70. The standard InChI is InChI=1S/C37H46N6O6S.2C2HF3O2/c1-5-26(2)34(40-35(44)19-31-20-38-25-42(31)21-27-13-15-30(16-14-27)43(47)48)23-41(22-29-11-8-10-28-9-6-7-12-32(28)29)24-36(45)39-33(17-18-50-4)37(46)49-3;2*3-2(4,5)1(6)7/h6-16,20,25-26,33-34H,5,17-19,21-24H2,1-4H3,(H,39,45)(H,40,44);2*(H,6,7)/t26-,33-,34+;;/m0../s1. The molecule has 0 aliphatic rings. The molecule has 4 aromatic rings. The lowest BCUT2D eigenvalue weighted by molar-refractivity contribution is -0.384. The van der Waals surface area contributed by atoms with Gasteiger partial charge in [-0.15, -0.1) is 0 Å². The molecule has 0 aliphatic carbocycles. The van der Waals surface area contributed by atoms with Gasteiger partial charge in [0, 0.05) is 49.7 Å². The summed E-state index contributed by atoms with van der Waals surface area (Å²) in [6, 6.07) is 19.5. The zero-order chi connectivity index (χ0) is 48.2. The summed E-state index contributed by atoms with van der Waals surface area (Å²) < 4.78 is 70.3. The molecule has 0 fully saturated rings. The molecule has 0 aliphatic heterocycles. The molecular formula is C41H48F6N6O10S. The van der Waals surface area contributed by atoms with Gasteiger partial charge in [-0.2, -0.15) is 38.1 Å². The largest absolute Gasteiger partial charge is 0.490 e. The van der Waals surface area contributed by atoms with Crippen molar-refractivity contribution in [1.82, 2.24) is 25.1 Å². The third kappa shape index (κ3) is 18.6. The highest BCUT2D eigenvalue weighted by Gasteiger charge is 2.39. The molecule has 2 amide bonds. The number of imidazole rings is 1. The molecule has 23 heteroatoms. The van der Waals surface area contributed by atoms with Crippen LogP contribution in [0.15, 0.2) is 79.3 Å². The van der Waals surface area contributed by atoms with Crippen molar-refractivity contribution in [3.63, 3.8) is 0 Å². The lowest BCUT2D eigenvalue weighted by Gasteiger charge is -2.32. The molecule has 350 valence electrons. The zero-order valence-corrected chi connectivity index (χ0v) is 35.8. The van der Waals surface area contributed by atoms with Crippen molar-refractivity contribution in [2.75, 3.05) is 32.2 Å². The number of nitrogens with one attached hydrogen (secondary N) is 2. The highest BCUT2D eigenvalue weighted by Crippen LogP contribution is 2.22. The molecule has 1 heterocycles. The molecule has 0 saturated heterocycles. The molecule has 0 unspecified atom stereocenters. The van der Waals surface area contributed by atoms with E-state index in [-0.39, 0.29) is 42.4 Å². The second-order valence-electron chi connectivity index (χ2n) is 14.0. The molecule has 4 N–H and O–H groups in total. The molecular weight excluding hydrogens is 883 g/mol. The Hall–Kier alpha value is -6.23. The summed E-state index contributed by atoms with van der Waals surface area (Å²) in [7, 11) is 1.31. The first-order valence-electron chi connectivity index (χ1n) is 19.2. The zero-order valence-electron chi connectivity index (χ0n) is 35.0. The highest BCUT2D eigenvalue weighted by atomic mass is 32.2. The second-order valence-corrected chi connectivity index (χ2v) is 15.0. The number of fused-ring (bicyclic) bond motifs is 1. The fourth-order valence-electron chi connectivity index (χ4n) is 5.84. The molecule has 3 atom stereocenters. The number of alkyl halides is 6. The van der Waals surface area contributed by atoms with Gasteiger partial charge in [0.25, 0.3) is 5.69 Å². The number of nitro benzene ring substituents is 1. The number of rotatable bonds is 19. The molecule has 0 spiro atoms. The minimum absolute atomic E-state index is 0.0147. The van der Waals surface area contributed by atoms with Gasteiger partial charge in [0.2, 0.25) is 11.8 Å². The molecule has 64 heavy (non-hydrogen) atoms. The molecule has 0 bridgehead atoms. The van der Waals surface area contributed by atoms with Gasteiger partial charge in [0.1, 0.15) is 6.04 Å². The Morgan fingerprint density at radius 3 is 2.06 bits per heavy atom. The van der Waals surface area contributed by atoms with Gasteiger partial charge in [-0.3, -0.25) is 24.6 Å². The quantitative estimate of drug-likeness (QED) is 0.0354. The average molecular weight is 931 g/mol. The topological polar surface area (TPSA) is 223 Å². The number of aliphatic carboxylic acids is 2. The van der Waals surface area contributed by atoms with Crippen molar-refractivity contribution in [3.8, 4) is 0 Å². The number of hydrogen-bond acceptors (Lipinski definition) is 11. The molecule has 4 rings (SSSR count). The van der Waals surface area contributed by atoms with E-state index in [1.807, 2.05) is 40.0 Å². The van der Waals surface area contributed by atoms with Gasteiger partial charge in [0.15, 0.2) is 0 Å². The smallest absolute Gasteiger partial charge is 0.475 e. The number of thioether (sulfide) groups is 1. The summed E-state index contributed by atoms with van der Waals surface area (Å²) in [5, 5.41) is 33.6. The van der Waals surface area contributed by atoms with Crippen molar-refractivity contribution < 1.29 is 70.2 Å². The van der Waals surface area contributed by atoms with Crippen molar-refractivity contribution in [3.05, 3.63) is 106 Å². The van der Waals surface area contributed by atoms with Gasteiger partial charge in [0.05, 0.1) is 31.3 Å². The number of amides is 2. The number of carbonyl (C=O) groups is 5. The molecule has 0 saturated carbocycles. The number of carboxylic acid groups (broad SMARTS) is 2. The van der Waals surface area contributed by atoms with Crippen molar-refractivity contribution >= 4 is 57.9 Å². The van der Waals surface area contributed by atoms with Crippen LogP contribution in [0.5, 0.6) is 0 Å². The minimum Gasteiger partial charge on any atom is -0.475 e. The van der Waals surface area contributed by atoms with Gasteiger partial charge in [-0.25, -0.2) is 19.4 Å². The number of methoxy groups -OCH3 is 1. The maximum atomic E-state index is 13.6. The summed E-state index contributed by atoms with van der Waals surface area (Å²) in [6.45, 7) is 5.42. The third-order valence-electron chi connectivity index (χ3n) is 9.33. The number of hydrogen-bond donors (Lipinski definition) is 4. The molecule has 1 aromatic heterocycles. The van der Waals surface area contributed by atoms with Gasteiger partial charge < -0.3 is 30.2 Å². The van der Waals surface area contributed by atoms with Gasteiger partial charge in [-0.05, 0) is 46.2 Å². The van der Waals surface area contributed by atoms with Gasteiger partial charge >= 0.3 is 30.3 Å². The number of esters is 1. The van der Waals surface area contributed by atoms with Crippen LogP contribution in [0, 0.1) is 16.0 Å². The van der Waals surface area contributed by atoms with Crippen LogP contribution >= 0.6 is 11.8 Å². The second kappa shape index (κ2) is 25.8. The minimum atomic E-state index is -5.08. The van der Waals surface area contributed by atoms with Crippen LogP contribution in [-0.2, 0) is 48.2 Å². The predicted octanol–water partition coefficient (Wildman–Crippen LogP) is 6.25. The normalized spacial score (nSPS) is 12.7. The molecule has 3 aromatic carbocycles. The van der Waals surface area contributed by atoms with Crippen molar-refractivity contribution in [1.29, 1.82) is 0 Å². The molecule has 0 radical (unpaired) electrons. The van der Waals surface area contributed by atoms with Crippen LogP contribution in [-0.4, -0.2) is 116 Å². The van der Waals surface area contributed by atoms with E-state index in [0.717, 1.165) is 28.3 Å². The lowest BCUT2D eigenvalue weighted by atomic mass is 9.97. The Balaban J connectivity index is 0.000000866. The predicted molar refractivity (Wildman–Crippen MR) is 223 cm³/mol. The van der Waals surface area contributed by atoms with Crippen LogP contribution in [0.1, 0.15) is 43.5 Å². The fraction of sp³-hybridized carbons (Fsp3) is 0.415. The van der Waals surface area contributed by atoms with Crippen LogP contribution in [0.2, 0.25) is 0 Å². The third-order valence-corrected chi connectivity index (χ3v) is 9.97. The van der Waals surface area contributed by atoms with E-state index in [2.05, 4.69) is 47.7 Å².